The first-order chi connectivity index (χ1) is 7.72. The van der Waals surface area contributed by atoms with Gasteiger partial charge in [0.25, 0.3) is 0 Å². The van der Waals surface area contributed by atoms with E-state index in [1.165, 1.54) is 11.3 Å². The van der Waals surface area contributed by atoms with Crippen molar-refractivity contribution in [2.24, 2.45) is 0 Å². The molecule has 0 saturated carbocycles. The summed E-state index contributed by atoms with van der Waals surface area (Å²) in [5, 5.41) is 9.20. The zero-order valence-electron chi connectivity index (χ0n) is 9.90. The second-order valence-electron chi connectivity index (χ2n) is 4.13. The molecule has 1 rings (SSSR count). The Morgan fingerprint density at radius 1 is 1.53 bits per heavy atom. The van der Waals surface area contributed by atoms with Crippen LogP contribution in [0.2, 0.25) is 0 Å². The summed E-state index contributed by atoms with van der Waals surface area (Å²) in [6, 6.07) is 1.34. The van der Waals surface area contributed by atoms with E-state index in [0.29, 0.717) is 10.6 Å². The average molecular weight is 342 g/mol. The number of rotatable bonds is 5. The maximum atomic E-state index is 12.0. The van der Waals surface area contributed by atoms with Gasteiger partial charge in [0.15, 0.2) is 0 Å². The molecule has 1 aromatic rings. The molecule has 4 nitrogen and oxygen atoms in total. The topological polar surface area (TPSA) is 66.4 Å². The first-order valence-corrected chi connectivity index (χ1v) is 8.28. The number of sulfonamides is 1. The second-order valence-corrected chi connectivity index (χ2v) is 8.44. The molecule has 17 heavy (non-hydrogen) atoms. The maximum absolute atomic E-state index is 12.0. The minimum absolute atomic E-state index is 0.291. The summed E-state index contributed by atoms with van der Waals surface area (Å²) in [7, 11) is -3.48. The highest BCUT2D eigenvalue weighted by Crippen LogP contribution is 2.30. The Morgan fingerprint density at radius 3 is 2.53 bits per heavy atom. The van der Waals surface area contributed by atoms with E-state index in [2.05, 4.69) is 20.7 Å². The van der Waals surface area contributed by atoms with Gasteiger partial charge in [-0.25, -0.2) is 13.1 Å². The molecule has 0 aliphatic carbocycles. The van der Waals surface area contributed by atoms with Crippen LogP contribution < -0.4 is 4.72 Å². The van der Waals surface area contributed by atoms with Crippen LogP contribution in [0.4, 0.5) is 0 Å². The Balaban J connectivity index is 2.82. The van der Waals surface area contributed by atoms with Crippen LogP contribution in [0.15, 0.2) is 14.1 Å². The first kappa shape index (κ1) is 15.1. The highest BCUT2D eigenvalue weighted by molar-refractivity contribution is 9.11. The Hall–Kier alpha value is 0.0500. The van der Waals surface area contributed by atoms with Crippen LogP contribution in [0.1, 0.15) is 25.8 Å². The second kappa shape index (κ2) is 5.79. The van der Waals surface area contributed by atoms with Gasteiger partial charge in [0.05, 0.1) is 9.89 Å². The number of thiophene rings is 1. The minimum atomic E-state index is -3.48. The van der Waals surface area contributed by atoms with Crippen LogP contribution in [0.25, 0.3) is 0 Å². The molecule has 0 aromatic carbocycles. The monoisotopic (exact) mass is 341 g/mol. The standard InChI is InChI=1S/C10H16BrNO3S2/c1-6-4-9(16-10(6)11)17(14,15)12-7(2)5-8(3)13/h4,7-8,12-13H,5H2,1-3H3. The van der Waals surface area contributed by atoms with Crippen molar-refractivity contribution in [1.29, 1.82) is 0 Å². The van der Waals surface area contributed by atoms with Crippen molar-refractivity contribution in [3.05, 3.63) is 15.4 Å². The summed E-state index contributed by atoms with van der Waals surface area (Å²) in [5.74, 6) is 0. The molecular weight excluding hydrogens is 326 g/mol. The van der Waals surface area contributed by atoms with Gasteiger partial charge >= 0.3 is 0 Å². The molecule has 0 aliphatic rings. The van der Waals surface area contributed by atoms with Gasteiger partial charge in [-0.1, -0.05) is 0 Å². The van der Waals surface area contributed by atoms with Gasteiger partial charge < -0.3 is 5.11 Å². The zero-order chi connectivity index (χ0) is 13.2. The van der Waals surface area contributed by atoms with Crippen molar-refractivity contribution in [1.82, 2.24) is 4.72 Å². The van der Waals surface area contributed by atoms with E-state index in [1.54, 1.807) is 19.9 Å². The number of hydrogen-bond acceptors (Lipinski definition) is 4. The van der Waals surface area contributed by atoms with E-state index in [4.69, 9.17) is 0 Å². The molecule has 1 aromatic heterocycles. The van der Waals surface area contributed by atoms with Crippen LogP contribution in [0, 0.1) is 6.92 Å². The highest BCUT2D eigenvalue weighted by atomic mass is 79.9. The van der Waals surface area contributed by atoms with Gasteiger partial charge in [0, 0.05) is 6.04 Å². The fourth-order valence-electron chi connectivity index (χ4n) is 1.45. The molecule has 0 radical (unpaired) electrons. The number of halogens is 1. The van der Waals surface area contributed by atoms with E-state index < -0.39 is 16.1 Å². The van der Waals surface area contributed by atoms with E-state index in [1.807, 2.05) is 6.92 Å². The van der Waals surface area contributed by atoms with Gasteiger partial charge in [-0.15, -0.1) is 11.3 Å². The molecule has 7 heteroatoms. The summed E-state index contributed by atoms with van der Waals surface area (Å²) >= 11 is 4.49. The Kier molecular flexibility index (Phi) is 5.15. The number of hydrogen-bond donors (Lipinski definition) is 2. The van der Waals surface area contributed by atoms with Crippen molar-refractivity contribution in [2.75, 3.05) is 0 Å². The predicted octanol–water partition coefficient (Wildman–Crippen LogP) is 2.26. The molecule has 0 fully saturated rings. The third-order valence-electron chi connectivity index (χ3n) is 2.15. The summed E-state index contributed by atoms with van der Waals surface area (Å²) in [6.45, 7) is 5.22. The first-order valence-electron chi connectivity index (χ1n) is 5.18. The Bertz CT molecular complexity index is 462. The smallest absolute Gasteiger partial charge is 0.250 e. The van der Waals surface area contributed by atoms with Crippen molar-refractivity contribution in [3.8, 4) is 0 Å². The fraction of sp³-hybridized carbons (Fsp3) is 0.600. The Labute approximate surface area is 114 Å². The molecule has 2 atom stereocenters. The molecule has 2 N–H and O–H groups in total. The Morgan fingerprint density at radius 2 is 2.12 bits per heavy atom. The normalized spacial score (nSPS) is 15.8. The van der Waals surface area contributed by atoms with Gasteiger partial charge in [-0.2, -0.15) is 0 Å². The maximum Gasteiger partial charge on any atom is 0.250 e. The van der Waals surface area contributed by atoms with Crippen LogP contribution in [-0.4, -0.2) is 25.7 Å². The van der Waals surface area contributed by atoms with E-state index in [9.17, 15) is 13.5 Å². The third-order valence-corrected chi connectivity index (χ3v) is 6.35. The third kappa shape index (κ3) is 4.33. The summed E-state index contributed by atoms with van der Waals surface area (Å²) < 4.78 is 27.6. The molecule has 98 valence electrons. The molecule has 0 amide bonds. The highest BCUT2D eigenvalue weighted by Gasteiger charge is 2.21. The van der Waals surface area contributed by atoms with Gasteiger partial charge in [-0.3, -0.25) is 0 Å². The predicted molar refractivity (Wildman–Crippen MR) is 72.8 cm³/mol. The lowest BCUT2D eigenvalue weighted by atomic mass is 10.2. The molecule has 0 saturated heterocycles. The van der Waals surface area contributed by atoms with Crippen molar-refractivity contribution < 1.29 is 13.5 Å². The number of nitrogens with one attached hydrogen (secondary N) is 1. The van der Waals surface area contributed by atoms with E-state index in [-0.39, 0.29) is 6.04 Å². The minimum Gasteiger partial charge on any atom is -0.393 e. The average Bonchev–Trinajstić information content (AvgIpc) is 2.44. The molecular formula is C10H16BrNO3S2. The zero-order valence-corrected chi connectivity index (χ0v) is 13.1. The van der Waals surface area contributed by atoms with Gasteiger partial charge in [-0.05, 0) is 54.8 Å². The van der Waals surface area contributed by atoms with Crippen molar-refractivity contribution in [2.45, 2.75) is 43.5 Å². The molecule has 1 heterocycles. The summed E-state index contributed by atoms with van der Waals surface area (Å²) in [6.07, 6.45) is -0.130. The molecule has 0 aliphatic heterocycles. The van der Waals surface area contributed by atoms with Gasteiger partial charge in [0.1, 0.15) is 4.21 Å². The molecule has 0 spiro atoms. The number of aliphatic hydroxyl groups is 1. The SMILES string of the molecule is Cc1cc(S(=O)(=O)NC(C)CC(C)O)sc1Br. The van der Waals surface area contributed by atoms with E-state index >= 15 is 0 Å². The van der Waals surface area contributed by atoms with Gasteiger partial charge in [0.2, 0.25) is 10.0 Å². The van der Waals surface area contributed by atoms with Crippen molar-refractivity contribution in [3.63, 3.8) is 0 Å². The molecule has 2 unspecified atom stereocenters. The van der Waals surface area contributed by atoms with Crippen LogP contribution >= 0.6 is 27.3 Å². The lowest BCUT2D eigenvalue weighted by molar-refractivity contribution is 0.175. The number of aryl methyl sites for hydroxylation is 1. The lowest BCUT2D eigenvalue weighted by Gasteiger charge is -2.14. The quantitative estimate of drug-likeness (QED) is 0.863. The van der Waals surface area contributed by atoms with Crippen LogP contribution in [0.5, 0.6) is 0 Å². The summed E-state index contributed by atoms with van der Waals surface area (Å²) in [5.41, 5.74) is 0.901. The fourth-order valence-corrected chi connectivity index (χ4v) is 4.95. The van der Waals surface area contributed by atoms with Crippen LogP contribution in [-0.2, 0) is 10.0 Å². The largest absolute Gasteiger partial charge is 0.393 e. The summed E-state index contributed by atoms with van der Waals surface area (Å²) in [4.78, 5) is 0. The van der Waals surface area contributed by atoms with Crippen molar-refractivity contribution >= 4 is 37.3 Å². The van der Waals surface area contributed by atoms with Crippen LogP contribution in [0.3, 0.4) is 0 Å². The lowest BCUT2D eigenvalue weighted by Crippen LogP contribution is -2.34. The molecule has 0 bridgehead atoms. The number of aliphatic hydroxyl groups excluding tert-OH is 1. The van der Waals surface area contributed by atoms with E-state index in [0.717, 1.165) is 9.35 Å².